The summed E-state index contributed by atoms with van der Waals surface area (Å²) in [7, 11) is 0. The average molecular weight is 784 g/mol. The van der Waals surface area contributed by atoms with E-state index in [1.807, 2.05) is 39.8 Å². The van der Waals surface area contributed by atoms with Gasteiger partial charge in [0.2, 0.25) is 0 Å². The van der Waals surface area contributed by atoms with Crippen molar-refractivity contribution >= 4 is 60.6 Å². The number of aromatic nitrogens is 2. The number of aliphatic hydroxyl groups is 1. The molecule has 3 heterocycles. The summed E-state index contributed by atoms with van der Waals surface area (Å²) < 4.78 is 12.8. The number of allylic oxidation sites excluding steroid dienone is 2. The minimum Gasteiger partial charge on any atom is -0.512 e. The molecule has 45 heavy (non-hydrogen) atoms. The Bertz CT molecular complexity index is 1970. The van der Waals surface area contributed by atoms with Crippen molar-refractivity contribution in [3.63, 3.8) is 0 Å². The van der Waals surface area contributed by atoms with E-state index in [1.165, 1.54) is 11.6 Å². The van der Waals surface area contributed by atoms with Crippen molar-refractivity contribution in [2.24, 2.45) is 17.3 Å². The Morgan fingerprint density at radius 1 is 0.933 bits per heavy atom. The first-order valence-electron chi connectivity index (χ1n) is 15.8. The van der Waals surface area contributed by atoms with Crippen LogP contribution in [0, 0.1) is 23.3 Å². The SMILES string of the molecule is CC(C)(C)Cc1cc2oc3cncnc3c3[c-]c4ccccc4c4oc(c1)c2c34.CCC(CC)C(=O)/C=C(\O)C(CC)CC.[Ir]. The Morgan fingerprint density at radius 3 is 2.22 bits per heavy atom. The molecule has 0 amide bonds. The van der Waals surface area contributed by atoms with Crippen LogP contribution >= 0.6 is 0 Å². The molecule has 0 spiro atoms. The van der Waals surface area contributed by atoms with Gasteiger partial charge in [-0.05, 0) is 66.0 Å². The molecule has 6 nitrogen and oxygen atoms in total. The number of rotatable bonds is 8. The van der Waals surface area contributed by atoms with E-state index < -0.39 is 0 Å². The van der Waals surface area contributed by atoms with Gasteiger partial charge < -0.3 is 13.9 Å². The molecule has 3 aromatic carbocycles. The standard InChI is InChI=1S/C25H19N2O2.C13H24O2.Ir/c1-25(2,3)11-14-8-18-22-19(9-14)29-24-16-7-5-4-6-15(16)10-17(21(22)24)23-20(28-18)12-26-13-27-23;1-5-10(6-2)12(14)9-13(15)11(7-3)8-4;/h4-9,12-13H,11H2,1-3H3;9-11,14H,5-8H2,1-4H3;/q-1;;/b;12-9-;. The van der Waals surface area contributed by atoms with Gasteiger partial charge in [0.1, 0.15) is 23.1 Å². The zero-order valence-electron chi connectivity index (χ0n) is 27.3. The number of ketones is 1. The molecular formula is C38H43IrN2O4-. The number of hydrogen-bond donors (Lipinski definition) is 1. The van der Waals surface area contributed by atoms with Crippen molar-refractivity contribution < 1.29 is 38.8 Å². The van der Waals surface area contributed by atoms with Crippen LogP contribution in [0.2, 0.25) is 0 Å². The number of nitrogens with zero attached hydrogens (tertiary/aromatic N) is 2. The summed E-state index contributed by atoms with van der Waals surface area (Å²) >= 11 is 0. The van der Waals surface area contributed by atoms with Gasteiger partial charge in [-0.25, -0.2) is 4.98 Å². The van der Waals surface area contributed by atoms with Crippen LogP contribution in [0.4, 0.5) is 0 Å². The Morgan fingerprint density at radius 2 is 1.58 bits per heavy atom. The number of carbonyl (C=O) groups is 1. The Labute approximate surface area is 278 Å². The second kappa shape index (κ2) is 14.3. The van der Waals surface area contributed by atoms with Crippen LogP contribution < -0.4 is 0 Å². The van der Waals surface area contributed by atoms with E-state index in [1.54, 1.807) is 12.5 Å². The van der Waals surface area contributed by atoms with Gasteiger partial charge in [0.05, 0.1) is 23.1 Å². The van der Waals surface area contributed by atoms with E-state index >= 15 is 0 Å². The Hall–Kier alpha value is -3.54. The number of benzene rings is 3. The van der Waals surface area contributed by atoms with Crippen LogP contribution in [-0.2, 0) is 31.3 Å². The first kappa shape index (κ1) is 34.3. The molecule has 0 atom stereocenters. The van der Waals surface area contributed by atoms with Gasteiger partial charge in [0.15, 0.2) is 5.78 Å². The van der Waals surface area contributed by atoms with Crippen molar-refractivity contribution in [2.75, 3.05) is 0 Å². The van der Waals surface area contributed by atoms with E-state index in [9.17, 15) is 9.90 Å². The second-order valence-corrected chi connectivity index (χ2v) is 12.9. The fourth-order valence-electron chi connectivity index (χ4n) is 6.11. The first-order valence-corrected chi connectivity index (χ1v) is 15.8. The minimum atomic E-state index is 0. The van der Waals surface area contributed by atoms with Gasteiger partial charge in [0, 0.05) is 43.4 Å². The summed E-state index contributed by atoms with van der Waals surface area (Å²) in [6, 6.07) is 16.0. The molecule has 239 valence electrons. The molecule has 0 aliphatic rings. The molecule has 0 aliphatic carbocycles. The fraction of sp³-hybridized carbons (Fsp3) is 0.395. The zero-order valence-corrected chi connectivity index (χ0v) is 29.7. The quantitative estimate of drug-likeness (QED) is 0.0939. The molecule has 0 aliphatic heterocycles. The van der Waals surface area contributed by atoms with Gasteiger partial charge >= 0.3 is 0 Å². The van der Waals surface area contributed by atoms with Crippen LogP contribution in [-0.4, -0.2) is 20.9 Å². The summed E-state index contributed by atoms with van der Waals surface area (Å²) in [5.41, 5.74) is 5.21. The summed E-state index contributed by atoms with van der Waals surface area (Å²) in [6.07, 6.45) is 9.11. The molecule has 0 fully saturated rings. The van der Waals surface area contributed by atoms with Crippen LogP contribution in [0.25, 0.3) is 54.8 Å². The predicted molar refractivity (Wildman–Crippen MR) is 180 cm³/mol. The molecule has 0 bridgehead atoms. The normalized spacial score (nSPS) is 12.4. The topological polar surface area (TPSA) is 89.4 Å². The maximum Gasteiger partial charge on any atom is 0.162 e. The molecule has 6 rings (SSSR count). The van der Waals surface area contributed by atoms with Gasteiger partial charge in [-0.1, -0.05) is 72.1 Å². The third kappa shape index (κ3) is 7.15. The molecule has 3 aromatic heterocycles. The second-order valence-electron chi connectivity index (χ2n) is 12.9. The number of furan rings is 1. The van der Waals surface area contributed by atoms with Gasteiger partial charge in [-0.3, -0.25) is 9.78 Å². The first-order chi connectivity index (χ1) is 21.1. The maximum atomic E-state index is 11.7. The van der Waals surface area contributed by atoms with Gasteiger partial charge in [-0.15, -0.1) is 17.5 Å². The molecule has 1 N–H and O–H groups in total. The van der Waals surface area contributed by atoms with Crippen molar-refractivity contribution in [3.05, 3.63) is 72.4 Å². The Kier molecular flexibility index (Phi) is 10.9. The van der Waals surface area contributed by atoms with Crippen molar-refractivity contribution in [1.29, 1.82) is 0 Å². The fourth-order valence-corrected chi connectivity index (χ4v) is 6.11. The van der Waals surface area contributed by atoms with Gasteiger partial charge in [-0.2, -0.15) is 0 Å². The Balaban J connectivity index is 0.000000249. The van der Waals surface area contributed by atoms with E-state index in [2.05, 4.69) is 61.1 Å². The molecule has 6 aromatic rings. The molecule has 0 saturated heterocycles. The minimum absolute atomic E-state index is 0. The third-order valence-corrected chi connectivity index (χ3v) is 8.45. The number of hydrogen-bond acceptors (Lipinski definition) is 6. The molecule has 0 unspecified atom stereocenters. The third-order valence-electron chi connectivity index (χ3n) is 8.45. The average Bonchev–Trinajstić information content (AvgIpc) is 3.31. The summed E-state index contributed by atoms with van der Waals surface area (Å²) in [5.74, 6) is 0.547. The van der Waals surface area contributed by atoms with Crippen molar-refractivity contribution in [1.82, 2.24) is 9.97 Å². The van der Waals surface area contributed by atoms with Gasteiger partial charge in [0.25, 0.3) is 0 Å². The van der Waals surface area contributed by atoms with E-state index in [0.29, 0.717) is 5.58 Å². The molecule has 1 radical (unpaired) electrons. The molecule has 7 heteroatoms. The zero-order chi connectivity index (χ0) is 31.6. The monoisotopic (exact) mass is 784 g/mol. The summed E-state index contributed by atoms with van der Waals surface area (Å²) in [6.45, 7) is 14.8. The summed E-state index contributed by atoms with van der Waals surface area (Å²) in [4.78, 5) is 20.4. The van der Waals surface area contributed by atoms with E-state index in [0.717, 1.165) is 81.3 Å². The van der Waals surface area contributed by atoms with E-state index in [4.69, 9.17) is 8.83 Å². The van der Waals surface area contributed by atoms with Crippen LogP contribution in [0.15, 0.2) is 69.6 Å². The predicted octanol–water partition coefficient (Wildman–Crippen LogP) is 10.7. The van der Waals surface area contributed by atoms with Crippen molar-refractivity contribution in [3.8, 4) is 0 Å². The molecule has 0 saturated carbocycles. The number of fused-ring (bicyclic) bond motifs is 4. The number of carbonyl (C=O) groups excluding carboxylic acids is 1. The maximum absolute atomic E-state index is 11.7. The van der Waals surface area contributed by atoms with Crippen LogP contribution in [0.1, 0.15) is 79.7 Å². The smallest absolute Gasteiger partial charge is 0.162 e. The summed E-state index contributed by atoms with van der Waals surface area (Å²) in [5, 5.41) is 14.7. The van der Waals surface area contributed by atoms with E-state index in [-0.39, 0.29) is 48.9 Å². The molecular weight excluding hydrogens is 741 g/mol. The van der Waals surface area contributed by atoms with Crippen LogP contribution in [0.5, 0.6) is 0 Å². The largest absolute Gasteiger partial charge is 0.512 e. The van der Waals surface area contributed by atoms with Crippen LogP contribution in [0.3, 0.4) is 0 Å². The number of aliphatic hydroxyl groups excluding tert-OH is 1. The van der Waals surface area contributed by atoms with Crippen molar-refractivity contribution in [2.45, 2.75) is 80.6 Å².